The van der Waals surface area contributed by atoms with Crippen molar-refractivity contribution in [2.24, 2.45) is 5.73 Å². The summed E-state index contributed by atoms with van der Waals surface area (Å²) in [6.45, 7) is 2.23. The number of hydrogen-bond donors (Lipinski definition) is 1. The van der Waals surface area contributed by atoms with E-state index in [0.29, 0.717) is 18.4 Å². The molecule has 1 aromatic heterocycles. The lowest BCUT2D eigenvalue weighted by Gasteiger charge is -2.14. The number of hydrogen-bond acceptors (Lipinski definition) is 3. The molecule has 0 bridgehead atoms. The van der Waals surface area contributed by atoms with E-state index >= 15 is 0 Å². The zero-order valence-electron chi connectivity index (χ0n) is 11.4. The summed E-state index contributed by atoms with van der Waals surface area (Å²) in [6, 6.07) is 4.82. The first-order chi connectivity index (χ1) is 9.65. The normalized spacial score (nSPS) is 16.1. The maximum Gasteiger partial charge on any atom is 0.130 e. The number of aromatic nitrogens is 2. The number of benzene rings is 1. The van der Waals surface area contributed by atoms with Gasteiger partial charge in [-0.15, -0.1) is 0 Å². The highest BCUT2D eigenvalue weighted by molar-refractivity contribution is 5.36. The minimum absolute atomic E-state index is 0.195. The van der Waals surface area contributed by atoms with E-state index in [0.717, 1.165) is 11.3 Å². The van der Waals surface area contributed by atoms with Crippen LogP contribution in [-0.2, 0) is 6.61 Å². The van der Waals surface area contributed by atoms with Crippen LogP contribution in [0.5, 0.6) is 5.75 Å². The Labute approximate surface area is 117 Å². The lowest BCUT2D eigenvalue weighted by Crippen LogP contribution is -2.09. The Hall–Kier alpha value is -1.88. The highest BCUT2D eigenvalue weighted by atomic mass is 19.1. The minimum Gasteiger partial charge on any atom is -0.487 e. The van der Waals surface area contributed by atoms with E-state index in [1.165, 1.54) is 25.0 Å². The van der Waals surface area contributed by atoms with Crippen molar-refractivity contribution in [2.45, 2.75) is 38.5 Å². The second-order valence-corrected chi connectivity index (χ2v) is 5.28. The molecule has 3 rings (SSSR count). The molecule has 1 fully saturated rings. The Kier molecular flexibility index (Phi) is 3.44. The van der Waals surface area contributed by atoms with Crippen LogP contribution in [0.3, 0.4) is 0 Å². The Balaban J connectivity index is 1.77. The molecule has 1 aliphatic carbocycles. The first-order valence-corrected chi connectivity index (χ1v) is 6.83. The molecule has 5 heteroatoms. The highest BCUT2D eigenvalue weighted by Crippen LogP contribution is 2.36. The zero-order chi connectivity index (χ0) is 14.1. The topological polar surface area (TPSA) is 53.1 Å². The van der Waals surface area contributed by atoms with Gasteiger partial charge in [0.2, 0.25) is 0 Å². The summed E-state index contributed by atoms with van der Waals surface area (Å²) >= 11 is 0. The second-order valence-electron chi connectivity index (χ2n) is 5.28. The van der Waals surface area contributed by atoms with Crippen LogP contribution in [0.1, 0.15) is 43.1 Å². The van der Waals surface area contributed by atoms with Crippen molar-refractivity contribution in [1.82, 2.24) is 9.55 Å². The van der Waals surface area contributed by atoms with Gasteiger partial charge in [0.1, 0.15) is 18.2 Å². The summed E-state index contributed by atoms with van der Waals surface area (Å²) < 4.78 is 21.2. The largest absolute Gasteiger partial charge is 0.487 e. The number of ether oxygens (including phenoxy) is 1. The molecule has 1 aliphatic rings. The molecule has 1 atom stereocenters. The van der Waals surface area contributed by atoms with Gasteiger partial charge in [-0.25, -0.2) is 9.37 Å². The van der Waals surface area contributed by atoms with Crippen molar-refractivity contribution >= 4 is 0 Å². The Bertz CT molecular complexity index is 605. The first kappa shape index (κ1) is 13.1. The van der Waals surface area contributed by atoms with Crippen LogP contribution in [0, 0.1) is 5.82 Å². The number of nitrogens with zero attached hydrogens (tertiary/aromatic N) is 2. The molecule has 0 unspecified atom stereocenters. The molecule has 0 radical (unpaired) electrons. The van der Waals surface area contributed by atoms with E-state index in [1.54, 1.807) is 12.3 Å². The van der Waals surface area contributed by atoms with E-state index < -0.39 is 0 Å². The maximum absolute atomic E-state index is 13.4. The molecule has 4 nitrogen and oxygen atoms in total. The molecule has 0 amide bonds. The Morgan fingerprint density at radius 2 is 2.30 bits per heavy atom. The summed E-state index contributed by atoms with van der Waals surface area (Å²) in [5, 5.41) is 0. The average molecular weight is 275 g/mol. The smallest absolute Gasteiger partial charge is 0.130 e. The maximum atomic E-state index is 13.4. The van der Waals surface area contributed by atoms with Crippen LogP contribution in [-0.4, -0.2) is 9.55 Å². The third-order valence-electron chi connectivity index (χ3n) is 3.53. The van der Waals surface area contributed by atoms with Gasteiger partial charge < -0.3 is 15.0 Å². The average Bonchev–Trinajstić information content (AvgIpc) is 3.15. The fraction of sp³-hybridized carbons (Fsp3) is 0.400. The number of rotatable bonds is 5. The third-order valence-corrected chi connectivity index (χ3v) is 3.53. The monoisotopic (exact) mass is 275 g/mol. The van der Waals surface area contributed by atoms with Crippen molar-refractivity contribution in [2.75, 3.05) is 0 Å². The summed E-state index contributed by atoms with van der Waals surface area (Å²) in [5.74, 6) is 0.184. The van der Waals surface area contributed by atoms with Gasteiger partial charge in [-0.1, -0.05) is 6.07 Å². The van der Waals surface area contributed by atoms with Gasteiger partial charge in [0.15, 0.2) is 0 Å². The van der Waals surface area contributed by atoms with Gasteiger partial charge in [0.25, 0.3) is 0 Å². The molecule has 0 spiro atoms. The van der Waals surface area contributed by atoms with Crippen molar-refractivity contribution in [3.05, 3.63) is 47.8 Å². The quantitative estimate of drug-likeness (QED) is 0.912. The van der Waals surface area contributed by atoms with Crippen LogP contribution in [0.2, 0.25) is 0 Å². The van der Waals surface area contributed by atoms with E-state index in [9.17, 15) is 4.39 Å². The standard InChI is InChI=1S/C15H18FN3O/c1-10(17)14-5-2-11(16)6-15(14)20-8-13-7-18-9-19(13)12-3-4-12/h2,5-7,9-10,12H,3-4,8,17H2,1H3/t10-/m0/s1. The van der Waals surface area contributed by atoms with E-state index in [4.69, 9.17) is 10.5 Å². The van der Waals surface area contributed by atoms with Crippen molar-refractivity contribution < 1.29 is 9.13 Å². The van der Waals surface area contributed by atoms with Gasteiger partial charge in [0.05, 0.1) is 18.2 Å². The van der Waals surface area contributed by atoms with Gasteiger partial charge in [-0.05, 0) is 25.8 Å². The molecule has 2 N–H and O–H groups in total. The van der Waals surface area contributed by atoms with Crippen molar-refractivity contribution in [1.29, 1.82) is 0 Å². The van der Waals surface area contributed by atoms with Gasteiger partial charge >= 0.3 is 0 Å². The number of imidazole rings is 1. The molecule has 20 heavy (non-hydrogen) atoms. The summed E-state index contributed by atoms with van der Waals surface area (Å²) in [4.78, 5) is 4.15. The van der Waals surface area contributed by atoms with Crippen LogP contribution in [0.25, 0.3) is 0 Å². The van der Waals surface area contributed by atoms with Crippen LogP contribution in [0.15, 0.2) is 30.7 Å². The molecular formula is C15H18FN3O. The van der Waals surface area contributed by atoms with Crippen LogP contribution in [0.4, 0.5) is 4.39 Å². The molecule has 1 heterocycles. The van der Waals surface area contributed by atoms with E-state index in [1.807, 2.05) is 13.3 Å². The molecule has 0 aliphatic heterocycles. The molecule has 0 saturated heterocycles. The lowest BCUT2D eigenvalue weighted by molar-refractivity contribution is 0.289. The van der Waals surface area contributed by atoms with Crippen LogP contribution >= 0.6 is 0 Å². The second kappa shape index (κ2) is 5.25. The van der Waals surface area contributed by atoms with Crippen molar-refractivity contribution in [3.8, 4) is 5.75 Å². The number of nitrogens with two attached hydrogens (primary N) is 1. The fourth-order valence-corrected chi connectivity index (χ4v) is 2.29. The summed E-state index contributed by atoms with van der Waals surface area (Å²) in [5.41, 5.74) is 7.70. The lowest BCUT2D eigenvalue weighted by atomic mass is 10.1. The van der Waals surface area contributed by atoms with E-state index in [-0.39, 0.29) is 11.9 Å². The molecular weight excluding hydrogens is 257 g/mol. The molecule has 106 valence electrons. The minimum atomic E-state index is -0.319. The van der Waals surface area contributed by atoms with Gasteiger partial charge in [-0.3, -0.25) is 0 Å². The van der Waals surface area contributed by atoms with Gasteiger partial charge in [0, 0.05) is 23.7 Å². The summed E-state index contributed by atoms with van der Waals surface area (Å²) in [7, 11) is 0. The molecule has 1 saturated carbocycles. The highest BCUT2D eigenvalue weighted by Gasteiger charge is 2.25. The van der Waals surface area contributed by atoms with Crippen molar-refractivity contribution in [3.63, 3.8) is 0 Å². The predicted molar refractivity (Wildman–Crippen MR) is 73.8 cm³/mol. The molecule has 1 aromatic carbocycles. The predicted octanol–water partition coefficient (Wildman–Crippen LogP) is 2.96. The zero-order valence-corrected chi connectivity index (χ0v) is 11.4. The van der Waals surface area contributed by atoms with E-state index in [2.05, 4.69) is 9.55 Å². The Morgan fingerprint density at radius 3 is 3.00 bits per heavy atom. The Morgan fingerprint density at radius 1 is 1.50 bits per heavy atom. The van der Waals surface area contributed by atoms with Crippen LogP contribution < -0.4 is 10.5 Å². The fourth-order valence-electron chi connectivity index (χ4n) is 2.29. The number of halogens is 1. The SMILES string of the molecule is C[C@H](N)c1ccc(F)cc1OCc1cncn1C1CC1. The third kappa shape index (κ3) is 2.67. The first-order valence-electron chi connectivity index (χ1n) is 6.83. The molecule has 2 aromatic rings. The van der Waals surface area contributed by atoms with Gasteiger partial charge in [-0.2, -0.15) is 0 Å². The summed E-state index contributed by atoms with van der Waals surface area (Å²) in [6.07, 6.45) is 6.00.